The van der Waals surface area contributed by atoms with Gasteiger partial charge in [-0.05, 0) is 48.9 Å². The average molecular weight is 400 g/mol. The minimum atomic E-state index is -1.24. The Morgan fingerprint density at radius 1 is 1.17 bits per heavy atom. The maximum absolute atomic E-state index is 11.8. The van der Waals surface area contributed by atoms with Crippen LogP contribution in [0, 0.1) is 6.92 Å². The van der Waals surface area contributed by atoms with Crippen molar-refractivity contribution in [3.05, 3.63) is 57.0 Å². The average Bonchev–Trinajstić information content (AvgIpc) is 2.48. The molecule has 1 N–H and O–H groups in total. The lowest BCUT2D eigenvalue weighted by Crippen LogP contribution is -2.19. The van der Waals surface area contributed by atoms with E-state index in [9.17, 15) is 9.59 Å². The molecule has 2 aromatic rings. The van der Waals surface area contributed by atoms with Crippen LogP contribution in [0.1, 0.15) is 15.9 Å². The summed E-state index contributed by atoms with van der Waals surface area (Å²) in [4.78, 5) is 23.0. The van der Waals surface area contributed by atoms with E-state index in [1.807, 2.05) is 13.0 Å². The number of carboxylic acid groups (broad SMARTS) is 1. The first-order valence-electron chi connectivity index (χ1n) is 6.49. The predicted octanol–water partition coefficient (Wildman–Crippen LogP) is 4.09. The molecule has 0 amide bonds. The number of halogens is 2. The third-order valence-corrected chi connectivity index (χ3v) is 3.61. The monoisotopic (exact) mass is 398 g/mol. The molecule has 0 aliphatic rings. The zero-order valence-electron chi connectivity index (χ0n) is 12.0. The van der Waals surface area contributed by atoms with Gasteiger partial charge in [0.05, 0.1) is 0 Å². The molecule has 0 saturated carbocycles. The Labute approximate surface area is 145 Å². The van der Waals surface area contributed by atoms with E-state index in [0.29, 0.717) is 5.75 Å². The fourth-order valence-electron chi connectivity index (χ4n) is 1.82. The van der Waals surface area contributed by atoms with Gasteiger partial charge >= 0.3 is 11.9 Å². The fraction of sp³-hybridized carbons (Fsp3) is 0.125. The number of benzene rings is 2. The highest BCUT2D eigenvalue weighted by Crippen LogP contribution is 2.24. The number of rotatable bonds is 5. The molecule has 0 saturated heterocycles. The maximum atomic E-state index is 11.8. The van der Waals surface area contributed by atoms with Crippen molar-refractivity contribution in [1.29, 1.82) is 0 Å². The Balaban J connectivity index is 2.04. The van der Waals surface area contributed by atoms with Crippen molar-refractivity contribution in [2.75, 3.05) is 6.61 Å². The Bertz CT molecular complexity index is 760. The summed E-state index contributed by atoms with van der Waals surface area (Å²) in [6, 6.07) is 9.34. The summed E-state index contributed by atoms with van der Waals surface area (Å²) in [5, 5.41) is 9.33. The number of carbonyl (C=O) groups is 2. The molecule has 0 spiro atoms. The Morgan fingerprint density at radius 2 is 1.87 bits per heavy atom. The van der Waals surface area contributed by atoms with Gasteiger partial charge in [0, 0.05) is 9.50 Å². The molecule has 2 rings (SSSR count). The molecular weight excluding hydrogens is 388 g/mol. The molecule has 2 aromatic carbocycles. The molecule has 23 heavy (non-hydrogen) atoms. The van der Waals surface area contributed by atoms with Crippen molar-refractivity contribution < 1.29 is 24.2 Å². The topological polar surface area (TPSA) is 72.8 Å². The van der Waals surface area contributed by atoms with Crippen LogP contribution in [0.25, 0.3) is 0 Å². The maximum Gasteiger partial charge on any atom is 0.349 e. The lowest BCUT2D eigenvalue weighted by Gasteiger charge is -2.10. The van der Waals surface area contributed by atoms with Crippen molar-refractivity contribution in [2.45, 2.75) is 6.92 Å². The summed E-state index contributed by atoms with van der Waals surface area (Å²) in [5.41, 5.74) is 0.663. The molecule has 0 fully saturated rings. The van der Waals surface area contributed by atoms with Crippen LogP contribution in [0.15, 0.2) is 40.9 Å². The number of aromatic carboxylic acids is 1. The first-order valence-corrected chi connectivity index (χ1v) is 7.66. The molecule has 5 nitrogen and oxygen atoms in total. The third-order valence-electron chi connectivity index (χ3n) is 2.88. The molecule has 0 aromatic heterocycles. The quantitative estimate of drug-likeness (QED) is 0.605. The normalized spacial score (nSPS) is 10.2. The van der Waals surface area contributed by atoms with Crippen LogP contribution < -0.4 is 9.47 Å². The molecular formula is C16H12BrClO5. The van der Waals surface area contributed by atoms with Gasteiger partial charge in [-0.2, -0.15) is 0 Å². The molecule has 0 aliphatic heterocycles. The molecule has 0 aliphatic carbocycles. The Kier molecular flexibility index (Phi) is 5.63. The van der Waals surface area contributed by atoms with E-state index in [-0.39, 0.29) is 22.9 Å². The zero-order valence-corrected chi connectivity index (χ0v) is 14.3. The lowest BCUT2D eigenvalue weighted by atomic mass is 10.2. The number of hydrogen-bond acceptors (Lipinski definition) is 4. The van der Waals surface area contributed by atoms with Gasteiger partial charge in [0.25, 0.3) is 0 Å². The van der Waals surface area contributed by atoms with E-state index in [1.165, 1.54) is 18.2 Å². The van der Waals surface area contributed by atoms with Crippen LogP contribution in [-0.4, -0.2) is 23.7 Å². The molecule has 0 atom stereocenters. The molecule has 7 heteroatoms. The van der Waals surface area contributed by atoms with E-state index < -0.39 is 11.9 Å². The number of ether oxygens (including phenoxy) is 2. The Hall–Kier alpha value is -2.05. The first kappa shape index (κ1) is 17.3. The van der Waals surface area contributed by atoms with Crippen molar-refractivity contribution in [2.24, 2.45) is 0 Å². The van der Waals surface area contributed by atoms with Crippen LogP contribution in [0.5, 0.6) is 11.5 Å². The highest BCUT2D eigenvalue weighted by Gasteiger charge is 2.16. The van der Waals surface area contributed by atoms with E-state index in [2.05, 4.69) is 15.9 Å². The van der Waals surface area contributed by atoms with Gasteiger partial charge < -0.3 is 14.6 Å². The number of carboxylic acids is 1. The third kappa shape index (κ3) is 4.71. The van der Waals surface area contributed by atoms with Gasteiger partial charge in [-0.15, -0.1) is 0 Å². The molecule has 0 unspecified atom stereocenters. The number of carbonyl (C=O) groups excluding carboxylic acids is 1. The zero-order chi connectivity index (χ0) is 17.0. The summed E-state index contributed by atoms with van der Waals surface area (Å²) in [7, 11) is 0. The highest BCUT2D eigenvalue weighted by atomic mass is 79.9. The van der Waals surface area contributed by atoms with Crippen molar-refractivity contribution in [3.8, 4) is 11.5 Å². The van der Waals surface area contributed by atoms with Crippen LogP contribution >= 0.6 is 27.5 Å². The fourth-order valence-corrected chi connectivity index (χ4v) is 2.47. The molecule has 0 radical (unpaired) electrons. The van der Waals surface area contributed by atoms with Crippen molar-refractivity contribution >= 4 is 39.5 Å². The van der Waals surface area contributed by atoms with E-state index >= 15 is 0 Å². The predicted molar refractivity (Wildman–Crippen MR) is 88.4 cm³/mol. The Morgan fingerprint density at radius 3 is 2.52 bits per heavy atom. The summed E-state index contributed by atoms with van der Waals surface area (Å²) >= 11 is 9.07. The SMILES string of the molecule is Cc1cc(Br)ccc1OCC(=O)Oc1ccc(Cl)cc1C(=O)O. The molecule has 0 bridgehead atoms. The van der Waals surface area contributed by atoms with Crippen molar-refractivity contribution in [3.63, 3.8) is 0 Å². The van der Waals surface area contributed by atoms with Gasteiger partial charge in [-0.3, -0.25) is 0 Å². The second kappa shape index (κ2) is 7.48. The lowest BCUT2D eigenvalue weighted by molar-refractivity contribution is -0.136. The van der Waals surface area contributed by atoms with Crippen LogP contribution in [0.3, 0.4) is 0 Å². The second-order valence-corrected chi connectivity index (χ2v) is 5.97. The number of hydrogen-bond donors (Lipinski definition) is 1. The van der Waals surface area contributed by atoms with Crippen molar-refractivity contribution in [1.82, 2.24) is 0 Å². The number of aryl methyl sites for hydroxylation is 1. The number of esters is 1. The minimum Gasteiger partial charge on any atom is -0.482 e. The summed E-state index contributed by atoms with van der Waals surface area (Å²) in [5.74, 6) is -1.49. The highest BCUT2D eigenvalue weighted by molar-refractivity contribution is 9.10. The van der Waals surface area contributed by atoms with E-state index in [0.717, 1.165) is 10.0 Å². The summed E-state index contributed by atoms with van der Waals surface area (Å²) in [6.07, 6.45) is 0. The largest absolute Gasteiger partial charge is 0.482 e. The summed E-state index contributed by atoms with van der Waals surface area (Å²) < 4.78 is 11.3. The molecule has 120 valence electrons. The van der Waals surface area contributed by atoms with Crippen LogP contribution in [-0.2, 0) is 4.79 Å². The standard InChI is InChI=1S/C16H12BrClO5/c1-9-6-10(17)2-4-13(9)22-8-15(19)23-14-5-3-11(18)7-12(14)16(20)21/h2-7H,8H2,1H3,(H,20,21). The molecule has 0 heterocycles. The second-order valence-electron chi connectivity index (χ2n) is 4.62. The van der Waals surface area contributed by atoms with Crippen LogP contribution in [0.4, 0.5) is 0 Å². The van der Waals surface area contributed by atoms with Gasteiger partial charge in [-0.1, -0.05) is 27.5 Å². The van der Waals surface area contributed by atoms with Gasteiger partial charge in [0.2, 0.25) is 0 Å². The van der Waals surface area contributed by atoms with E-state index in [1.54, 1.807) is 12.1 Å². The van der Waals surface area contributed by atoms with Gasteiger partial charge in [-0.25, -0.2) is 9.59 Å². The van der Waals surface area contributed by atoms with Gasteiger partial charge in [0.15, 0.2) is 6.61 Å². The smallest absolute Gasteiger partial charge is 0.349 e. The van der Waals surface area contributed by atoms with E-state index in [4.69, 9.17) is 26.2 Å². The first-order chi connectivity index (χ1) is 10.9. The van der Waals surface area contributed by atoms with Gasteiger partial charge in [0.1, 0.15) is 17.1 Å². The summed E-state index contributed by atoms with van der Waals surface area (Å²) in [6.45, 7) is 1.50. The van der Waals surface area contributed by atoms with Crippen LogP contribution in [0.2, 0.25) is 5.02 Å². The minimum absolute atomic E-state index is 0.0805.